The molecule has 17 heavy (non-hydrogen) atoms. The summed E-state index contributed by atoms with van der Waals surface area (Å²) in [6.45, 7) is -3.58. The molecule has 0 bridgehead atoms. The van der Waals surface area contributed by atoms with Gasteiger partial charge >= 0.3 is 13.0 Å². The minimum absolute atomic E-state index is 0.188. The highest BCUT2D eigenvalue weighted by Crippen LogP contribution is 2.63. The van der Waals surface area contributed by atoms with Gasteiger partial charge in [-0.3, -0.25) is 0 Å². The second-order valence-corrected chi connectivity index (χ2v) is 7.03. The molecule has 1 rings (SSSR count). The first-order valence-corrected chi connectivity index (χ1v) is 7.36. The van der Waals surface area contributed by atoms with Crippen LogP contribution in [-0.4, -0.2) is 14.2 Å². The highest BCUT2D eigenvalue weighted by Gasteiger charge is 2.36. The monoisotopic (exact) mass is 286 g/mol. The van der Waals surface area contributed by atoms with Crippen molar-refractivity contribution in [1.29, 1.82) is 0 Å². The Hall–Kier alpha value is -0.490. The zero-order chi connectivity index (χ0) is 13.1. The fraction of sp³-hybridized carbons (Fsp3) is 0.333. The zero-order valence-electron chi connectivity index (χ0n) is 9.02. The molecular weight excluding hydrogens is 276 g/mol. The van der Waals surface area contributed by atoms with Crippen molar-refractivity contribution in [1.82, 2.24) is 0 Å². The third-order valence-electron chi connectivity index (χ3n) is 1.85. The van der Waals surface area contributed by atoms with Gasteiger partial charge in [0.1, 0.15) is 0 Å². The quantitative estimate of drug-likeness (QED) is 0.777. The lowest BCUT2D eigenvalue weighted by Crippen LogP contribution is -2.06. The molecule has 0 heterocycles. The molecule has 0 saturated heterocycles. The minimum atomic E-state index is -4.50. The number of hydrogen-bond acceptors (Lipinski definition) is 4. The van der Waals surface area contributed by atoms with Crippen molar-refractivity contribution < 1.29 is 26.8 Å². The molecule has 0 amide bonds. The van der Waals surface area contributed by atoms with Gasteiger partial charge in [-0.15, -0.1) is 0 Å². The first kappa shape index (κ1) is 14.6. The van der Waals surface area contributed by atoms with Gasteiger partial charge in [0.25, 0.3) is 0 Å². The van der Waals surface area contributed by atoms with Crippen LogP contribution in [0.5, 0.6) is 0 Å². The van der Waals surface area contributed by atoms with Crippen LogP contribution < -0.4 is 0 Å². The average Bonchev–Trinajstić information content (AvgIpc) is 2.28. The number of benzene rings is 1. The Bertz CT molecular complexity index is 428. The predicted molar refractivity (Wildman–Crippen MR) is 58.9 cm³/mol. The second kappa shape index (κ2) is 5.44. The molecule has 0 unspecified atom stereocenters. The standard InChI is InChI=1S/C9H10F3O3PS/c1-14-16(13,15-2)17-8-6-4-3-5-7(8)9(10,11)12/h3-6H,1-2H3. The first-order valence-electron chi connectivity index (χ1n) is 4.40. The molecule has 0 atom stereocenters. The van der Waals surface area contributed by atoms with Gasteiger partial charge < -0.3 is 9.05 Å². The van der Waals surface area contributed by atoms with Crippen LogP contribution in [-0.2, 0) is 19.8 Å². The summed E-state index contributed by atoms with van der Waals surface area (Å²) < 4.78 is 58.9. The molecular formula is C9H10F3O3PS. The molecule has 0 aliphatic rings. The number of halogens is 3. The lowest BCUT2D eigenvalue weighted by atomic mass is 10.2. The van der Waals surface area contributed by atoms with Crippen LogP contribution in [0.3, 0.4) is 0 Å². The van der Waals surface area contributed by atoms with E-state index in [2.05, 4.69) is 9.05 Å². The normalized spacial score (nSPS) is 12.8. The minimum Gasteiger partial charge on any atom is -0.304 e. The maximum absolute atomic E-state index is 12.6. The van der Waals surface area contributed by atoms with Crippen LogP contribution >= 0.6 is 18.2 Å². The van der Waals surface area contributed by atoms with E-state index >= 15 is 0 Å². The van der Waals surface area contributed by atoms with Crippen molar-refractivity contribution >= 4 is 18.2 Å². The Kier molecular flexibility index (Phi) is 4.66. The van der Waals surface area contributed by atoms with E-state index in [9.17, 15) is 17.7 Å². The molecule has 8 heteroatoms. The van der Waals surface area contributed by atoms with Gasteiger partial charge in [-0.05, 0) is 23.5 Å². The highest BCUT2D eigenvalue weighted by atomic mass is 32.7. The lowest BCUT2D eigenvalue weighted by molar-refractivity contribution is -0.139. The van der Waals surface area contributed by atoms with Gasteiger partial charge in [-0.2, -0.15) is 13.2 Å². The van der Waals surface area contributed by atoms with E-state index in [1.807, 2.05) is 0 Å². The number of alkyl halides is 3. The number of rotatable bonds is 4. The van der Waals surface area contributed by atoms with Crippen LogP contribution in [0.15, 0.2) is 29.2 Å². The summed E-state index contributed by atoms with van der Waals surface area (Å²) in [7, 11) is 2.24. The second-order valence-electron chi connectivity index (χ2n) is 2.90. The molecule has 0 saturated carbocycles. The predicted octanol–water partition coefficient (Wildman–Crippen LogP) is 4.20. The van der Waals surface area contributed by atoms with Gasteiger partial charge in [-0.25, -0.2) is 4.57 Å². The summed E-state index contributed by atoms with van der Waals surface area (Å²) in [6.07, 6.45) is -4.50. The van der Waals surface area contributed by atoms with E-state index in [4.69, 9.17) is 0 Å². The van der Waals surface area contributed by atoms with Crippen LogP contribution in [0.1, 0.15) is 5.56 Å². The largest absolute Gasteiger partial charge is 0.417 e. The summed E-state index contributed by atoms with van der Waals surface area (Å²) in [5, 5.41) is 0. The van der Waals surface area contributed by atoms with Crippen molar-refractivity contribution in [2.24, 2.45) is 0 Å². The molecule has 0 aliphatic carbocycles. The van der Waals surface area contributed by atoms with Crippen LogP contribution in [0.4, 0.5) is 13.2 Å². The van der Waals surface area contributed by atoms with Gasteiger partial charge in [0.15, 0.2) is 0 Å². The van der Waals surface area contributed by atoms with Gasteiger partial charge in [0.05, 0.1) is 5.56 Å². The molecule has 3 nitrogen and oxygen atoms in total. The molecule has 0 spiro atoms. The molecule has 0 fully saturated rings. The molecule has 0 aromatic heterocycles. The van der Waals surface area contributed by atoms with E-state index < -0.39 is 18.5 Å². The smallest absolute Gasteiger partial charge is 0.304 e. The molecule has 0 radical (unpaired) electrons. The maximum Gasteiger partial charge on any atom is 0.417 e. The van der Waals surface area contributed by atoms with Crippen LogP contribution in [0.25, 0.3) is 0 Å². The Morgan fingerprint density at radius 3 is 2.18 bits per heavy atom. The van der Waals surface area contributed by atoms with Crippen molar-refractivity contribution in [3.63, 3.8) is 0 Å². The molecule has 1 aromatic carbocycles. The van der Waals surface area contributed by atoms with Crippen molar-refractivity contribution in [2.75, 3.05) is 14.2 Å². The summed E-state index contributed by atoms with van der Waals surface area (Å²) >= 11 is 0.436. The van der Waals surface area contributed by atoms with E-state index in [0.29, 0.717) is 11.4 Å². The van der Waals surface area contributed by atoms with Crippen molar-refractivity contribution in [3.05, 3.63) is 29.8 Å². The zero-order valence-corrected chi connectivity index (χ0v) is 10.7. The van der Waals surface area contributed by atoms with E-state index in [1.165, 1.54) is 18.2 Å². The summed E-state index contributed by atoms with van der Waals surface area (Å²) in [6, 6.07) is 4.82. The topological polar surface area (TPSA) is 35.5 Å². The molecule has 96 valence electrons. The van der Waals surface area contributed by atoms with Crippen LogP contribution in [0, 0.1) is 0 Å². The SMILES string of the molecule is COP(=O)(OC)Sc1ccccc1C(F)(F)F. The van der Waals surface area contributed by atoms with E-state index in [0.717, 1.165) is 20.3 Å². The third kappa shape index (κ3) is 3.74. The first-order chi connectivity index (χ1) is 7.82. The fourth-order valence-electron chi connectivity index (χ4n) is 1.05. The number of hydrogen-bond donors (Lipinski definition) is 0. The third-order valence-corrected chi connectivity index (χ3v) is 5.68. The molecule has 1 aromatic rings. The van der Waals surface area contributed by atoms with Gasteiger partial charge in [-0.1, -0.05) is 12.1 Å². The fourth-order valence-corrected chi connectivity index (χ4v) is 3.66. The van der Waals surface area contributed by atoms with E-state index in [1.54, 1.807) is 0 Å². The van der Waals surface area contributed by atoms with Gasteiger partial charge in [0, 0.05) is 19.1 Å². The van der Waals surface area contributed by atoms with E-state index in [-0.39, 0.29) is 4.90 Å². The Morgan fingerprint density at radius 1 is 1.18 bits per heavy atom. The Balaban J connectivity index is 3.12. The average molecular weight is 286 g/mol. The maximum atomic E-state index is 12.6. The Morgan fingerprint density at radius 2 is 1.71 bits per heavy atom. The van der Waals surface area contributed by atoms with Gasteiger partial charge in [0.2, 0.25) is 0 Å². The summed E-state index contributed by atoms with van der Waals surface area (Å²) in [5.74, 6) is 0. The van der Waals surface area contributed by atoms with Crippen LogP contribution in [0.2, 0.25) is 0 Å². The summed E-state index contributed by atoms with van der Waals surface area (Å²) in [4.78, 5) is -0.188. The Labute approximate surface area is 101 Å². The lowest BCUT2D eigenvalue weighted by Gasteiger charge is -2.16. The molecule has 0 aliphatic heterocycles. The van der Waals surface area contributed by atoms with Crippen molar-refractivity contribution in [2.45, 2.75) is 11.1 Å². The van der Waals surface area contributed by atoms with Crippen molar-refractivity contribution in [3.8, 4) is 0 Å². The summed E-state index contributed by atoms with van der Waals surface area (Å²) in [5.41, 5.74) is -0.862. The highest BCUT2D eigenvalue weighted by molar-refractivity contribution is 8.55. The molecule has 0 N–H and O–H groups in total.